The standard InChI is InChI=1S/C55H40N2/c1-55(2)49-24-12-8-19-43(49)44-33-32-40(36-50(44)55)56(39-30-28-38(29-31-39)37-16-4-3-5-17-37)54-35-34-42(41-18-6-7-20-45(41)54)46-21-9-13-25-51(46)57-52-26-14-10-22-47(52)48-23-11-15-27-53(48)57/h3-36H,1-2H3. The van der Waals surface area contributed by atoms with Crippen molar-refractivity contribution in [2.75, 3.05) is 4.90 Å². The molecule has 0 saturated carbocycles. The van der Waals surface area contributed by atoms with Crippen molar-refractivity contribution < 1.29 is 0 Å². The lowest BCUT2D eigenvalue weighted by Gasteiger charge is -2.29. The summed E-state index contributed by atoms with van der Waals surface area (Å²) in [6.45, 7) is 4.72. The Labute approximate surface area is 333 Å². The van der Waals surface area contributed by atoms with E-state index in [1.165, 1.54) is 82.8 Å². The maximum absolute atomic E-state index is 2.46. The number of hydrogen-bond acceptors (Lipinski definition) is 1. The van der Waals surface area contributed by atoms with Crippen molar-refractivity contribution in [2.45, 2.75) is 19.3 Å². The Morgan fingerprint density at radius 2 is 0.895 bits per heavy atom. The number of benzene rings is 9. The van der Waals surface area contributed by atoms with Crippen molar-refractivity contribution in [1.29, 1.82) is 0 Å². The molecular formula is C55H40N2. The summed E-state index contributed by atoms with van der Waals surface area (Å²) >= 11 is 0. The molecule has 0 radical (unpaired) electrons. The number of aromatic nitrogens is 1. The fraction of sp³-hybridized carbons (Fsp3) is 0.0545. The summed E-state index contributed by atoms with van der Waals surface area (Å²) < 4.78 is 2.44. The van der Waals surface area contributed by atoms with Gasteiger partial charge in [-0.25, -0.2) is 0 Å². The van der Waals surface area contributed by atoms with Gasteiger partial charge in [0.15, 0.2) is 0 Å². The molecule has 0 bridgehead atoms. The van der Waals surface area contributed by atoms with Gasteiger partial charge in [0, 0.05) is 38.5 Å². The number of anilines is 3. The minimum absolute atomic E-state index is 0.118. The normalized spacial score (nSPS) is 12.9. The van der Waals surface area contributed by atoms with E-state index in [0.717, 1.165) is 17.1 Å². The van der Waals surface area contributed by atoms with E-state index < -0.39 is 0 Å². The third kappa shape index (κ3) is 5.18. The third-order valence-corrected chi connectivity index (χ3v) is 12.2. The van der Waals surface area contributed by atoms with Gasteiger partial charge >= 0.3 is 0 Å². The molecule has 0 fully saturated rings. The molecule has 1 heterocycles. The van der Waals surface area contributed by atoms with Gasteiger partial charge in [-0.15, -0.1) is 0 Å². The minimum atomic E-state index is -0.118. The van der Waals surface area contributed by atoms with Gasteiger partial charge in [0.2, 0.25) is 0 Å². The van der Waals surface area contributed by atoms with Gasteiger partial charge in [-0.3, -0.25) is 0 Å². The Bertz CT molecular complexity index is 3100. The minimum Gasteiger partial charge on any atom is -0.310 e. The molecule has 2 nitrogen and oxygen atoms in total. The van der Waals surface area contributed by atoms with Gasteiger partial charge in [0.05, 0.1) is 22.4 Å². The molecule has 1 aliphatic rings. The Balaban J connectivity index is 1.12. The van der Waals surface area contributed by atoms with Gasteiger partial charge in [-0.05, 0) is 92.9 Å². The van der Waals surface area contributed by atoms with Gasteiger partial charge in [0.1, 0.15) is 0 Å². The van der Waals surface area contributed by atoms with Crippen LogP contribution in [-0.2, 0) is 5.41 Å². The number of rotatable bonds is 6. The van der Waals surface area contributed by atoms with Crippen LogP contribution in [0.15, 0.2) is 206 Å². The van der Waals surface area contributed by atoms with Crippen LogP contribution >= 0.6 is 0 Å². The predicted molar refractivity (Wildman–Crippen MR) is 241 cm³/mol. The molecule has 1 aromatic heterocycles. The zero-order chi connectivity index (χ0) is 38.1. The molecule has 0 atom stereocenters. The maximum Gasteiger partial charge on any atom is 0.0541 e. The zero-order valence-corrected chi connectivity index (χ0v) is 32.0. The lowest BCUT2D eigenvalue weighted by molar-refractivity contribution is 0.660. The highest BCUT2D eigenvalue weighted by molar-refractivity contribution is 6.11. The van der Waals surface area contributed by atoms with Crippen molar-refractivity contribution in [3.8, 4) is 39.1 Å². The van der Waals surface area contributed by atoms with Crippen molar-refractivity contribution in [1.82, 2.24) is 4.57 Å². The maximum atomic E-state index is 2.46. The molecule has 0 spiro atoms. The van der Waals surface area contributed by atoms with Crippen molar-refractivity contribution in [3.05, 3.63) is 217 Å². The van der Waals surface area contributed by atoms with Crippen molar-refractivity contribution in [2.24, 2.45) is 0 Å². The molecule has 0 saturated heterocycles. The van der Waals surface area contributed by atoms with Crippen LogP contribution in [0.3, 0.4) is 0 Å². The lowest BCUT2D eigenvalue weighted by Crippen LogP contribution is -2.16. The highest BCUT2D eigenvalue weighted by Gasteiger charge is 2.36. The Hall–Kier alpha value is -7.16. The van der Waals surface area contributed by atoms with Crippen molar-refractivity contribution >= 4 is 49.6 Å². The summed E-state index contributed by atoms with van der Waals surface area (Å²) in [6.07, 6.45) is 0. The van der Waals surface area contributed by atoms with Crippen LogP contribution in [0.4, 0.5) is 17.1 Å². The van der Waals surface area contributed by atoms with Gasteiger partial charge in [-0.1, -0.05) is 172 Å². The van der Waals surface area contributed by atoms with E-state index in [1.54, 1.807) is 0 Å². The fourth-order valence-corrected chi connectivity index (χ4v) is 9.48. The van der Waals surface area contributed by atoms with E-state index in [9.17, 15) is 0 Å². The molecular weight excluding hydrogens is 689 g/mol. The number of fused-ring (bicyclic) bond motifs is 7. The van der Waals surface area contributed by atoms with Crippen LogP contribution in [0.1, 0.15) is 25.0 Å². The number of nitrogens with zero attached hydrogens (tertiary/aromatic N) is 2. The number of hydrogen-bond donors (Lipinski definition) is 0. The molecule has 57 heavy (non-hydrogen) atoms. The van der Waals surface area contributed by atoms with Crippen LogP contribution in [0.25, 0.3) is 71.6 Å². The molecule has 11 rings (SSSR count). The smallest absolute Gasteiger partial charge is 0.0541 e. The molecule has 0 N–H and O–H groups in total. The SMILES string of the molecule is CC1(C)c2ccccc2-c2ccc(N(c3ccc(-c4ccccc4)cc3)c3ccc(-c4ccccc4-n4c5ccccc5c5ccccc54)c4ccccc34)cc21. The van der Waals surface area contributed by atoms with Gasteiger partial charge in [-0.2, -0.15) is 0 Å². The molecule has 0 unspecified atom stereocenters. The van der Waals surface area contributed by atoms with E-state index in [-0.39, 0.29) is 5.41 Å². The van der Waals surface area contributed by atoms with Crippen LogP contribution in [0, 0.1) is 0 Å². The van der Waals surface area contributed by atoms with Crippen LogP contribution < -0.4 is 4.90 Å². The highest BCUT2D eigenvalue weighted by atomic mass is 15.1. The summed E-state index contributed by atoms with van der Waals surface area (Å²) in [5.41, 5.74) is 17.1. The summed E-state index contributed by atoms with van der Waals surface area (Å²) in [4.78, 5) is 2.46. The largest absolute Gasteiger partial charge is 0.310 e. The first-order valence-electron chi connectivity index (χ1n) is 19.9. The molecule has 9 aromatic carbocycles. The second kappa shape index (κ2) is 13.0. The number of para-hydroxylation sites is 3. The molecule has 1 aliphatic carbocycles. The first-order chi connectivity index (χ1) is 28.1. The van der Waals surface area contributed by atoms with E-state index >= 15 is 0 Å². The lowest BCUT2D eigenvalue weighted by atomic mass is 9.82. The quantitative estimate of drug-likeness (QED) is 0.165. The van der Waals surface area contributed by atoms with E-state index in [2.05, 4.69) is 230 Å². The first kappa shape index (κ1) is 33.2. The predicted octanol–water partition coefficient (Wildman–Crippen LogP) is 15.0. The summed E-state index contributed by atoms with van der Waals surface area (Å²) in [7, 11) is 0. The fourth-order valence-electron chi connectivity index (χ4n) is 9.48. The topological polar surface area (TPSA) is 8.17 Å². The Kier molecular flexibility index (Phi) is 7.55. The molecule has 2 heteroatoms. The highest BCUT2D eigenvalue weighted by Crippen LogP contribution is 2.51. The van der Waals surface area contributed by atoms with Crippen LogP contribution in [0.2, 0.25) is 0 Å². The average molecular weight is 729 g/mol. The third-order valence-electron chi connectivity index (χ3n) is 12.2. The monoisotopic (exact) mass is 728 g/mol. The van der Waals surface area contributed by atoms with E-state index in [4.69, 9.17) is 0 Å². The first-order valence-corrected chi connectivity index (χ1v) is 19.9. The van der Waals surface area contributed by atoms with Crippen molar-refractivity contribution in [3.63, 3.8) is 0 Å². The summed E-state index contributed by atoms with van der Waals surface area (Å²) in [6, 6.07) is 75.6. The second-order valence-electron chi connectivity index (χ2n) is 15.7. The summed E-state index contributed by atoms with van der Waals surface area (Å²) in [5, 5.41) is 4.93. The molecule has 0 amide bonds. The average Bonchev–Trinajstić information content (AvgIpc) is 3.72. The summed E-state index contributed by atoms with van der Waals surface area (Å²) in [5.74, 6) is 0. The molecule has 270 valence electrons. The Morgan fingerprint density at radius 1 is 0.368 bits per heavy atom. The molecule has 10 aromatic rings. The van der Waals surface area contributed by atoms with E-state index in [1.807, 2.05) is 0 Å². The molecule has 0 aliphatic heterocycles. The van der Waals surface area contributed by atoms with Gasteiger partial charge < -0.3 is 9.47 Å². The Morgan fingerprint density at radius 3 is 1.63 bits per heavy atom. The zero-order valence-electron chi connectivity index (χ0n) is 32.0. The van der Waals surface area contributed by atoms with Crippen LogP contribution in [0.5, 0.6) is 0 Å². The van der Waals surface area contributed by atoms with E-state index in [0.29, 0.717) is 0 Å². The van der Waals surface area contributed by atoms with Crippen LogP contribution in [-0.4, -0.2) is 4.57 Å². The van der Waals surface area contributed by atoms with Gasteiger partial charge in [0.25, 0.3) is 0 Å². The second-order valence-corrected chi connectivity index (χ2v) is 15.7.